The van der Waals surface area contributed by atoms with Gasteiger partial charge in [0.05, 0.1) is 5.69 Å². The summed E-state index contributed by atoms with van der Waals surface area (Å²) in [6.07, 6.45) is -2.78. The highest BCUT2D eigenvalue weighted by molar-refractivity contribution is 5.88. The van der Waals surface area contributed by atoms with Crippen LogP contribution < -0.4 is 5.32 Å². The predicted octanol–water partition coefficient (Wildman–Crippen LogP) is 2.29. The molecule has 0 aliphatic rings. The fourth-order valence-electron chi connectivity index (χ4n) is 1.42. The fourth-order valence-corrected chi connectivity index (χ4v) is 1.42. The second kappa shape index (κ2) is 5.87. The van der Waals surface area contributed by atoms with E-state index in [2.05, 4.69) is 5.32 Å². The summed E-state index contributed by atoms with van der Waals surface area (Å²) in [5, 5.41) is 20.5. The van der Waals surface area contributed by atoms with Crippen molar-refractivity contribution in [2.24, 2.45) is 0 Å². The lowest BCUT2D eigenvalue weighted by Gasteiger charge is -2.21. The minimum Gasteiger partial charge on any atom is -0.479 e. The third-order valence-electron chi connectivity index (χ3n) is 2.18. The molecule has 110 valence electrons. The van der Waals surface area contributed by atoms with Gasteiger partial charge in [-0.1, -0.05) is 0 Å². The van der Waals surface area contributed by atoms with Crippen molar-refractivity contribution in [2.75, 3.05) is 5.32 Å². The molecule has 1 rings (SSSR count). The van der Waals surface area contributed by atoms with Crippen LogP contribution in [0.3, 0.4) is 0 Å². The Labute approximate surface area is 115 Å². The summed E-state index contributed by atoms with van der Waals surface area (Å²) in [5.41, 5.74) is -1.03. The van der Waals surface area contributed by atoms with Crippen molar-refractivity contribution in [3.05, 3.63) is 29.6 Å². The highest BCUT2D eigenvalue weighted by Gasteiger charge is 2.23. The number of amides is 1. The number of hydrogen-bond donors (Lipinski definition) is 3. The Kier molecular flexibility index (Phi) is 4.67. The number of aliphatic carboxylic acids is 1. The van der Waals surface area contributed by atoms with Crippen molar-refractivity contribution in [3.63, 3.8) is 0 Å². The number of carboxylic acid groups (broad SMARTS) is 1. The van der Waals surface area contributed by atoms with Crippen molar-refractivity contribution < 1.29 is 28.9 Å². The van der Waals surface area contributed by atoms with E-state index in [0.29, 0.717) is 0 Å². The second-order valence-electron chi connectivity index (χ2n) is 5.10. The van der Waals surface area contributed by atoms with Crippen molar-refractivity contribution in [2.45, 2.75) is 32.5 Å². The summed E-state index contributed by atoms with van der Waals surface area (Å²) >= 11 is 0. The van der Waals surface area contributed by atoms with Gasteiger partial charge in [0.2, 0.25) is 0 Å². The Morgan fingerprint density at radius 3 is 2.45 bits per heavy atom. The monoisotopic (exact) mass is 285 g/mol. The third kappa shape index (κ3) is 4.51. The smallest absolute Gasteiger partial charge is 0.412 e. The highest BCUT2D eigenvalue weighted by Crippen LogP contribution is 2.25. The normalized spacial score (nSPS) is 12.7. The van der Waals surface area contributed by atoms with Gasteiger partial charge in [0.15, 0.2) is 6.10 Å². The zero-order valence-electron chi connectivity index (χ0n) is 11.3. The van der Waals surface area contributed by atoms with E-state index >= 15 is 0 Å². The number of carbonyl (C=O) groups excluding carboxylic acids is 1. The van der Waals surface area contributed by atoms with Crippen molar-refractivity contribution in [1.29, 1.82) is 0 Å². The molecule has 0 fully saturated rings. The number of ether oxygens (including phenoxy) is 1. The number of aliphatic hydroxyl groups is 1. The maximum Gasteiger partial charge on any atom is 0.412 e. The first-order valence-electron chi connectivity index (χ1n) is 5.80. The second-order valence-corrected chi connectivity index (χ2v) is 5.10. The first-order chi connectivity index (χ1) is 9.10. The zero-order chi connectivity index (χ0) is 15.5. The zero-order valence-corrected chi connectivity index (χ0v) is 11.3. The predicted molar refractivity (Wildman–Crippen MR) is 68.9 cm³/mol. The van der Waals surface area contributed by atoms with Gasteiger partial charge in [-0.05, 0) is 39.0 Å². The maximum absolute atomic E-state index is 13.1. The molecular formula is C13H16FNO5. The van der Waals surface area contributed by atoms with Gasteiger partial charge in [0.25, 0.3) is 0 Å². The number of hydrogen-bond acceptors (Lipinski definition) is 4. The standard InChI is InChI=1S/C13H16FNO5/c1-13(2,3)20-12(19)15-9-5-4-7(14)6-8(9)10(16)11(17)18/h4-6,10,16H,1-3H3,(H,15,19)(H,17,18). The number of benzene rings is 1. The molecule has 3 N–H and O–H groups in total. The van der Waals surface area contributed by atoms with Crippen LogP contribution >= 0.6 is 0 Å². The molecule has 0 bridgehead atoms. The number of carbonyl (C=O) groups is 2. The van der Waals surface area contributed by atoms with Crippen molar-refractivity contribution in [3.8, 4) is 0 Å². The Balaban J connectivity index is 3.00. The number of halogens is 1. The van der Waals surface area contributed by atoms with Gasteiger partial charge in [-0.2, -0.15) is 0 Å². The molecule has 0 saturated carbocycles. The van der Waals surface area contributed by atoms with Gasteiger partial charge in [-0.3, -0.25) is 5.32 Å². The van der Waals surface area contributed by atoms with E-state index in [4.69, 9.17) is 9.84 Å². The molecule has 1 unspecified atom stereocenters. The molecule has 0 spiro atoms. The molecule has 0 aliphatic carbocycles. The van der Waals surface area contributed by atoms with Gasteiger partial charge in [-0.25, -0.2) is 14.0 Å². The molecule has 0 aliphatic heterocycles. The average Bonchev–Trinajstić information content (AvgIpc) is 2.27. The molecule has 1 atom stereocenters. The van der Waals surface area contributed by atoms with Crippen molar-refractivity contribution >= 4 is 17.7 Å². The lowest BCUT2D eigenvalue weighted by atomic mass is 10.1. The van der Waals surface area contributed by atoms with Crippen LogP contribution in [0.5, 0.6) is 0 Å². The van der Waals surface area contributed by atoms with Crippen LogP contribution in [0.15, 0.2) is 18.2 Å². The van der Waals surface area contributed by atoms with E-state index in [-0.39, 0.29) is 11.3 Å². The van der Waals surface area contributed by atoms with E-state index < -0.39 is 29.6 Å². The number of carboxylic acids is 1. The summed E-state index contributed by atoms with van der Waals surface area (Å²) in [5.74, 6) is -2.28. The molecule has 0 saturated heterocycles. The Bertz CT molecular complexity index is 524. The largest absolute Gasteiger partial charge is 0.479 e. The van der Waals surface area contributed by atoms with E-state index in [9.17, 15) is 19.1 Å². The third-order valence-corrected chi connectivity index (χ3v) is 2.18. The van der Waals surface area contributed by atoms with Gasteiger partial charge in [0, 0.05) is 5.56 Å². The van der Waals surface area contributed by atoms with Crippen LogP contribution in [0, 0.1) is 5.82 Å². The highest BCUT2D eigenvalue weighted by atomic mass is 19.1. The first-order valence-corrected chi connectivity index (χ1v) is 5.80. The minimum atomic E-state index is -1.95. The van der Waals surface area contributed by atoms with Crippen molar-refractivity contribution in [1.82, 2.24) is 0 Å². The minimum absolute atomic E-state index is 0.0319. The first kappa shape index (κ1) is 15.9. The molecule has 0 aromatic heterocycles. The molecule has 20 heavy (non-hydrogen) atoms. The number of nitrogens with one attached hydrogen (secondary N) is 1. The number of anilines is 1. The molecule has 6 nitrogen and oxygen atoms in total. The number of rotatable bonds is 3. The quantitative estimate of drug-likeness (QED) is 0.791. The topological polar surface area (TPSA) is 95.9 Å². The molecule has 1 amide bonds. The van der Waals surface area contributed by atoms with Crippen LogP contribution in [0.2, 0.25) is 0 Å². The van der Waals surface area contributed by atoms with Crippen LogP contribution in [0.1, 0.15) is 32.4 Å². The fraction of sp³-hybridized carbons (Fsp3) is 0.385. The Morgan fingerprint density at radius 1 is 1.35 bits per heavy atom. The molecule has 0 radical (unpaired) electrons. The van der Waals surface area contributed by atoms with E-state index in [1.165, 1.54) is 0 Å². The van der Waals surface area contributed by atoms with Gasteiger partial charge < -0.3 is 14.9 Å². The van der Waals surface area contributed by atoms with Crippen LogP contribution in [0.4, 0.5) is 14.9 Å². The van der Waals surface area contributed by atoms with E-state index in [1.807, 2.05) is 0 Å². The summed E-state index contributed by atoms with van der Waals surface area (Å²) in [6, 6.07) is 3.02. The maximum atomic E-state index is 13.1. The van der Waals surface area contributed by atoms with Crippen LogP contribution in [-0.2, 0) is 9.53 Å². The van der Waals surface area contributed by atoms with Crippen LogP contribution in [0.25, 0.3) is 0 Å². The van der Waals surface area contributed by atoms with Gasteiger partial charge >= 0.3 is 12.1 Å². The Hall–Kier alpha value is -2.15. The Morgan fingerprint density at radius 2 is 1.95 bits per heavy atom. The summed E-state index contributed by atoms with van der Waals surface area (Å²) in [4.78, 5) is 22.4. The number of aliphatic hydroxyl groups excluding tert-OH is 1. The lowest BCUT2D eigenvalue weighted by Crippen LogP contribution is -2.28. The molecule has 1 aromatic carbocycles. The SMILES string of the molecule is CC(C)(C)OC(=O)Nc1ccc(F)cc1C(O)C(=O)O. The van der Waals surface area contributed by atoms with Gasteiger partial charge in [0.1, 0.15) is 11.4 Å². The lowest BCUT2D eigenvalue weighted by molar-refractivity contribution is -0.146. The summed E-state index contributed by atoms with van der Waals surface area (Å²) < 4.78 is 18.1. The molecule has 0 heterocycles. The molecule has 7 heteroatoms. The molecular weight excluding hydrogens is 269 g/mol. The van der Waals surface area contributed by atoms with Gasteiger partial charge in [-0.15, -0.1) is 0 Å². The van der Waals surface area contributed by atoms with E-state index in [0.717, 1.165) is 18.2 Å². The summed E-state index contributed by atoms with van der Waals surface area (Å²) in [6.45, 7) is 4.97. The molecule has 1 aromatic rings. The summed E-state index contributed by atoms with van der Waals surface area (Å²) in [7, 11) is 0. The van der Waals surface area contributed by atoms with Crippen LogP contribution in [-0.4, -0.2) is 27.9 Å². The van der Waals surface area contributed by atoms with E-state index in [1.54, 1.807) is 20.8 Å². The average molecular weight is 285 g/mol.